The zero-order chi connectivity index (χ0) is 21.6. The molecule has 160 valence electrons. The van der Waals surface area contributed by atoms with Crippen molar-refractivity contribution in [1.29, 1.82) is 0 Å². The Bertz CT molecular complexity index is 1230. The maximum atomic E-state index is 14.9. The van der Waals surface area contributed by atoms with E-state index in [4.69, 9.17) is 5.73 Å². The van der Waals surface area contributed by atoms with Crippen molar-refractivity contribution in [3.8, 4) is 22.4 Å². The lowest BCUT2D eigenvalue weighted by molar-refractivity contribution is 0.390. The fourth-order valence-corrected chi connectivity index (χ4v) is 6.51. The van der Waals surface area contributed by atoms with E-state index in [9.17, 15) is 12.8 Å². The first-order chi connectivity index (χ1) is 14.9. The normalized spacial score (nSPS) is 22.7. The van der Waals surface area contributed by atoms with Crippen LogP contribution in [0.3, 0.4) is 0 Å². The molecule has 2 saturated carbocycles. The van der Waals surface area contributed by atoms with Crippen LogP contribution >= 0.6 is 0 Å². The number of fused-ring (bicyclic) bond motifs is 2. The van der Waals surface area contributed by atoms with E-state index in [1.807, 2.05) is 0 Å². The van der Waals surface area contributed by atoms with Gasteiger partial charge < -0.3 is 5.73 Å². The van der Waals surface area contributed by atoms with Crippen molar-refractivity contribution >= 4 is 15.8 Å². The third-order valence-electron chi connectivity index (χ3n) is 6.45. The Balaban J connectivity index is 1.47. The lowest BCUT2D eigenvalue weighted by Gasteiger charge is -2.23. The molecule has 2 fully saturated rings. The van der Waals surface area contributed by atoms with Crippen molar-refractivity contribution in [1.82, 2.24) is 14.7 Å². The number of nitrogens with zero attached hydrogens (tertiary/aromatic N) is 2. The van der Waals surface area contributed by atoms with E-state index >= 15 is 0 Å². The predicted molar refractivity (Wildman–Crippen MR) is 117 cm³/mol. The van der Waals surface area contributed by atoms with Crippen molar-refractivity contribution in [2.24, 2.45) is 11.8 Å². The summed E-state index contributed by atoms with van der Waals surface area (Å²) in [5.41, 5.74) is 7.13. The number of anilines is 1. The van der Waals surface area contributed by atoms with Crippen molar-refractivity contribution in [3.63, 3.8) is 0 Å². The van der Waals surface area contributed by atoms with Crippen LogP contribution in [0.2, 0.25) is 0 Å². The average molecular weight is 439 g/mol. The lowest BCUT2D eigenvalue weighted by Crippen LogP contribution is -2.38. The van der Waals surface area contributed by atoms with E-state index in [1.165, 1.54) is 24.9 Å². The monoisotopic (exact) mass is 438 g/mol. The van der Waals surface area contributed by atoms with Crippen LogP contribution in [-0.4, -0.2) is 24.4 Å². The van der Waals surface area contributed by atoms with Crippen LogP contribution < -0.4 is 10.5 Å². The molecule has 0 spiro atoms. The van der Waals surface area contributed by atoms with Gasteiger partial charge in [-0.25, -0.2) is 22.5 Å². The quantitative estimate of drug-likeness (QED) is 0.627. The molecule has 3 atom stereocenters. The van der Waals surface area contributed by atoms with E-state index < -0.39 is 15.8 Å². The second kappa shape index (κ2) is 7.69. The highest BCUT2D eigenvalue weighted by atomic mass is 32.2. The molecule has 0 amide bonds. The molecule has 8 heteroatoms. The topological polar surface area (TPSA) is 98.0 Å². The van der Waals surface area contributed by atoms with Crippen LogP contribution in [0.4, 0.5) is 10.2 Å². The molecule has 6 nitrogen and oxygen atoms in total. The zero-order valence-corrected chi connectivity index (χ0v) is 17.6. The molecule has 3 aromatic rings. The number of halogens is 1. The van der Waals surface area contributed by atoms with Crippen LogP contribution in [0.5, 0.6) is 0 Å². The molecule has 2 bridgehead atoms. The molecule has 2 aliphatic carbocycles. The predicted octanol–water partition coefficient (Wildman–Crippen LogP) is 4.00. The first-order valence-electron chi connectivity index (χ1n) is 10.4. The van der Waals surface area contributed by atoms with Crippen LogP contribution in [-0.2, 0) is 10.0 Å². The highest BCUT2D eigenvalue weighted by Crippen LogP contribution is 2.45. The number of benzene rings is 2. The van der Waals surface area contributed by atoms with Gasteiger partial charge in [-0.3, -0.25) is 4.98 Å². The summed E-state index contributed by atoms with van der Waals surface area (Å²) in [7, 11) is -3.73. The summed E-state index contributed by atoms with van der Waals surface area (Å²) in [6, 6.07) is 11.3. The molecule has 3 unspecified atom stereocenters. The van der Waals surface area contributed by atoms with Gasteiger partial charge in [-0.1, -0.05) is 30.7 Å². The largest absolute Gasteiger partial charge is 0.382 e. The highest BCUT2D eigenvalue weighted by Gasteiger charge is 2.41. The Morgan fingerprint density at radius 1 is 1.00 bits per heavy atom. The first-order valence-corrected chi connectivity index (χ1v) is 11.9. The van der Waals surface area contributed by atoms with Crippen LogP contribution in [0.1, 0.15) is 25.7 Å². The number of aromatic nitrogens is 2. The number of rotatable bonds is 5. The number of nitrogens with one attached hydrogen (secondary N) is 1. The molecule has 1 aromatic heterocycles. The maximum absolute atomic E-state index is 14.9. The van der Waals surface area contributed by atoms with E-state index in [0.717, 1.165) is 19.3 Å². The highest BCUT2D eigenvalue weighted by molar-refractivity contribution is 7.89. The number of hydrogen-bond donors (Lipinski definition) is 2. The van der Waals surface area contributed by atoms with Crippen LogP contribution in [0.25, 0.3) is 22.4 Å². The fourth-order valence-electron chi connectivity index (χ4n) is 4.96. The van der Waals surface area contributed by atoms with Crippen molar-refractivity contribution in [2.45, 2.75) is 36.6 Å². The van der Waals surface area contributed by atoms with Gasteiger partial charge in [0.15, 0.2) is 0 Å². The molecule has 2 aliphatic rings. The van der Waals surface area contributed by atoms with Gasteiger partial charge >= 0.3 is 0 Å². The Labute approximate surface area is 180 Å². The second-order valence-corrected chi connectivity index (χ2v) is 10.1. The molecule has 3 N–H and O–H groups in total. The third-order valence-corrected chi connectivity index (χ3v) is 8.00. The Morgan fingerprint density at radius 2 is 1.84 bits per heavy atom. The summed E-state index contributed by atoms with van der Waals surface area (Å²) >= 11 is 0. The molecule has 5 rings (SSSR count). The third kappa shape index (κ3) is 3.81. The molecular formula is C23H23FN4O2S. The summed E-state index contributed by atoms with van der Waals surface area (Å²) in [4.78, 5) is 8.22. The first kappa shape index (κ1) is 20.1. The van der Waals surface area contributed by atoms with E-state index in [1.54, 1.807) is 36.4 Å². The minimum Gasteiger partial charge on any atom is -0.382 e. The van der Waals surface area contributed by atoms with E-state index in [-0.39, 0.29) is 22.3 Å². The maximum Gasteiger partial charge on any atom is 0.241 e. The Kier molecular flexibility index (Phi) is 4.98. The smallest absolute Gasteiger partial charge is 0.241 e. The average Bonchev–Trinajstić information content (AvgIpc) is 3.37. The van der Waals surface area contributed by atoms with Gasteiger partial charge in [0.2, 0.25) is 10.0 Å². The fraction of sp³-hybridized carbons (Fsp3) is 0.304. The number of hydrogen-bond acceptors (Lipinski definition) is 5. The molecular weight excluding hydrogens is 415 g/mol. The van der Waals surface area contributed by atoms with Crippen molar-refractivity contribution in [3.05, 3.63) is 60.7 Å². The van der Waals surface area contributed by atoms with E-state index in [2.05, 4.69) is 14.7 Å². The molecule has 0 radical (unpaired) electrons. The summed E-state index contributed by atoms with van der Waals surface area (Å²) in [5, 5.41) is 0. The summed E-state index contributed by atoms with van der Waals surface area (Å²) in [5.74, 6) is 0.795. The van der Waals surface area contributed by atoms with Crippen LogP contribution in [0.15, 0.2) is 59.8 Å². The standard InChI is InChI=1S/C23H23FN4O2S/c24-19-11-15(7-8-18(19)21-12-27-23(25)13-26-21)17-3-1-2-4-22(17)31(29,30)28-20-10-14-5-6-16(20)9-14/h1-4,7-8,11-14,16,20,28H,5-6,9-10H2,(H2,25,27). The molecule has 0 aliphatic heterocycles. The number of sulfonamides is 1. The lowest BCUT2D eigenvalue weighted by atomic mass is 9.96. The van der Waals surface area contributed by atoms with Crippen molar-refractivity contribution in [2.75, 3.05) is 5.73 Å². The number of nitrogen functional groups attached to an aromatic ring is 1. The summed E-state index contributed by atoms with van der Waals surface area (Å²) in [6.45, 7) is 0. The summed E-state index contributed by atoms with van der Waals surface area (Å²) in [6.07, 6.45) is 7.06. The van der Waals surface area contributed by atoms with E-state index in [0.29, 0.717) is 28.7 Å². The van der Waals surface area contributed by atoms with Gasteiger partial charge in [-0.15, -0.1) is 0 Å². The minimum absolute atomic E-state index is 0.0139. The SMILES string of the molecule is Nc1cnc(-c2ccc(-c3ccccc3S(=O)(=O)NC3CC4CCC3C4)cc2F)cn1. The second-order valence-electron chi connectivity index (χ2n) is 8.42. The summed E-state index contributed by atoms with van der Waals surface area (Å²) < 4.78 is 44.3. The van der Waals surface area contributed by atoms with Gasteiger partial charge in [0.05, 0.1) is 23.0 Å². The van der Waals surface area contributed by atoms with Gasteiger partial charge in [-0.2, -0.15) is 0 Å². The molecule has 31 heavy (non-hydrogen) atoms. The van der Waals surface area contributed by atoms with Crippen molar-refractivity contribution < 1.29 is 12.8 Å². The molecule has 2 aromatic carbocycles. The van der Waals surface area contributed by atoms with Gasteiger partial charge in [0, 0.05) is 17.2 Å². The zero-order valence-electron chi connectivity index (χ0n) is 16.8. The van der Waals surface area contributed by atoms with Gasteiger partial charge in [0.1, 0.15) is 11.6 Å². The van der Waals surface area contributed by atoms with Gasteiger partial charge in [0.25, 0.3) is 0 Å². The molecule has 1 heterocycles. The Morgan fingerprint density at radius 3 is 2.52 bits per heavy atom. The molecule has 0 saturated heterocycles. The van der Waals surface area contributed by atoms with Gasteiger partial charge in [-0.05, 0) is 54.9 Å². The Hall–Kier alpha value is -2.84. The minimum atomic E-state index is -3.73. The van der Waals surface area contributed by atoms with Crippen LogP contribution in [0, 0.1) is 17.7 Å². The number of nitrogens with two attached hydrogens (primary N) is 1.